The zero-order chi connectivity index (χ0) is 21.6. The Bertz CT molecular complexity index is 935. The van der Waals surface area contributed by atoms with Crippen molar-refractivity contribution in [2.45, 2.75) is 6.92 Å². The summed E-state index contributed by atoms with van der Waals surface area (Å²) >= 11 is 5.94. The fourth-order valence-electron chi connectivity index (χ4n) is 2.66. The van der Waals surface area contributed by atoms with Gasteiger partial charge in [0.15, 0.2) is 0 Å². The van der Waals surface area contributed by atoms with Crippen LogP contribution < -0.4 is 15.4 Å². The zero-order valence-corrected chi connectivity index (χ0v) is 16.9. The number of nitrogens with zero attached hydrogens (tertiary/aromatic N) is 2. The summed E-state index contributed by atoms with van der Waals surface area (Å²) in [5.74, 6) is -0.291. The Balaban J connectivity index is 1.94. The first kappa shape index (κ1) is 22.1. The summed E-state index contributed by atoms with van der Waals surface area (Å²) in [6.45, 7) is 1.42. The van der Waals surface area contributed by atoms with Crippen molar-refractivity contribution in [3.63, 3.8) is 0 Å². The molecule has 29 heavy (non-hydrogen) atoms. The van der Waals surface area contributed by atoms with E-state index in [4.69, 9.17) is 16.3 Å². The number of amides is 2. The van der Waals surface area contributed by atoms with E-state index in [1.54, 1.807) is 38.2 Å². The van der Waals surface area contributed by atoms with Crippen molar-refractivity contribution in [3.05, 3.63) is 57.1 Å². The van der Waals surface area contributed by atoms with E-state index in [2.05, 4.69) is 10.6 Å². The molecule has 0 bridgehead atoms. The van der Waals surface area contributed by atoms with Gasteiger partial charge >= 0.3 is 0 Å². The van der Waals surface area contributed by atoms with Crippen LogP contribution >= 0.6 is 11.6 Å². The minimum atomic E-state index is -0.508. The monoisotopic (exact) mass is 420 g/mol. The molecule has 0 aliphatic carbocycles. The number of anilines is 2. The van der Waals surface area contributed by atoms with E-state index in [1.165, 1.54) is 24.1 Å². The number of methoxy groups -OCH3 is 1. The van der Waals surface area contributed by atoms with Crippen LogP contribution in [0.5, 0.6) is 5.75 Å². The van der Waals surface area contributed by atoms with Crippen molar-refractivity contribution in [1.82, 2.24) is 4.90 Å². The van der Waals surface area contributed by atoms with E-state index in [1.807, 2.05) is 0 Å². The van der Waals surface area contributed by atoms with E-state index in [9.17, 15) is 19.7 Å². The average Bonchev–Trinajstić information content (AvgIpc) is 2.63. The third kappa shape index (κ3) is 6.16. The molecule has 0 saturated carbocycles. The first-order valence-electron chi connectivity index (χ1n) is 8.57. The minimum Gasteiger partial charge on any atom is -0.495 e. The van der Waals surface area contributed by atoms with Crippen molar-refractivity contribution in [3.8, 4) is 5.75 Å². The highest BCUT2D eigenvalue weighted by atomic mass is 35.5. The maximum atomic E-state index is 12.3. The molecule has 9 nitrogen and oxygen atoms in total. The van der Waals surface area contributed by atoms with Crippen molar-refractivity contribution in [2.75, 3.05) is 37.9 Å². The lowest BCUT2D eigenvalue weighted by Crippen LogP contribution is -2.36. The number of rotatable bonds is 8. The molecular weight excluding hydrogens is 400 g/mol. The first-order chi connectivity index (χ1) is 13.7. The van der Waals surface area contributed by atoms with Gasteiger partial charge in [-0.05, 0) is 38.2 Å². The fourth-order valence-corrected chi connectivity index (χ4v) is 2.83. The van der Waals surface area contributed by atoms with Gasteiger partial charge in [-0.15, -0.1) is 0 Å². The standard InChI is InChI=1S/C19H21ClN4O5/c1-12-14(5-4-6-16(12)24(27)28)21-18(25)10-23(2)11-19(26)22-15-9-13(20)7-8-17(15)29-3/h4-9H,10-11H2,1-3H3,(H,21,25)(H,22,26). The summed E-state index contributed by atoms with van der Waals surface area (Å²) in [7, 11) is 3.08. The lowest BCUT2D eigenvalue weighted by atomic mass is 10.1. The number of hydrogen-bond donors (Lipinski definition) is 2. The number of benzene rings is 2. The van der Waals surface area contributed by atoms with Gasteiger partial charge < -0.3 is 15.4 Å². The van der Waals surface area contributed by atoms with Crippen LogP contribution in [0.15, 0.2) is 36.4 Å². The van der Waals surface area contributed by atoms with Crippen molar-refractivity contribution in [1.29, 1.82) is 0 Å². The minimum absolute atomic E-state index is 0.0585. The van der Waals surface area contributed by atoms with Gasteiger partial charge in [0.05, 0.1) is 42.1 Å². The van der Waals surface area contributed by atoms with E-state index < -0.39 is 10.8 Å². The Hall–Kier alpha value is -3.17. The lowest BCUT2D eigenvalue weighted by molar-refractivity contribution is -0.385. The van der Waals surface area contributed by atoms with Gasteiger partial charge in [0.1, 0.15) is 5.75 Å². The number of hydrogen-bond acceptors (Lipinski definition) is 6. The maximum Gasteiger partial charge on any atom is 0.274 e. The Labute approximate surface area is 172 Å². The third-order valence-corrected chi connectivity index (χ3v) is 4.27. The molecule has 0 aromatic heterocycles. The summed E-state index contributed by atoms with van der Waals surface area (Å²) in [6, 6.07) is 9.29. The highest BCUT2D eigenvalue weighted by Gasteiger charge is 2.17. The molecule has 0 aliphatic rings. The molecule has 2 aromatic carbocycles. The SMILES string of the molecule is COc1ccc(Cl)cc1NC(=O)CN(C)CC(=O)Nc1cccc([N+](=O)[O-])c1C. The number of nitro groups is 1. The molecule has 10 heteroatoms. The molecule has 2 rings (SSSR count). The third-order valence-electron chi connectivity index (χ3n) is 4.04. The van der Waals surface area contributed by atoms with Crippen molar-refractivity contribution in [2.24, 2.45) is 0 Å². The van der Waals surface area contributed by atoms with Gasteiger partial charge in [0.2, 0.25) is 11.8 Å². The fraction of sp³-hybridized carbons (Fsp3) is 0.263. The second-order valence-electron chi connectivity index (χ2n) is 6.32. The predicted molar refractivity (Wildman–Crippen MR) is 111 cm³/mol. The zero-order valence-electron chi connectivity index (χ0n) is 16.2. The van der Waals surface area contributed by atoms with E-state index >= 15 is 0 Å². The van der Waals surface area contributed by atoms with E-state index in [0.29, 0.717) is 27.7 Å². The van der Waals surface area contributed by atoms with Gasteiger partial charge in [-0.2, -0.15) is 0 Å². The molecule has 2 N–H and O–H groups in total. The van der Waals surface area contributed by atoms with Crippen LogP contribution in [0.1, 0.15) is 5.56 Å². The van der Waals surface area contributed by atoms with Crippen LogP contribution in [0.4, 0.5) is 17.1 Å². The summed E-state index contributed by atoms with van der Waals surface area (Å²) < 4.78 is 5.18. The van der Waals surface area contributed by atoms with Crippen molar-refractivity contribution < 1.29 is 19.2 Å². The second-order valence-corrected chi connectivity index (χ2v) is 6.76. The van der Waals surface area contributed by atoms with Gasteiger partial charge in [0.25, 0.3) is 5.69 Å². The molecule has 2 aromatic rings. The topological polar surface area (TPSA) is 114 Å². The summed E-state index contributed by atoms with van der Waals surface area (Å²) in [4.78, 5) is 36.5. The molecule has 2 amide bonds. The van der Waals surface area contributed by atoms with Crippen LogP contribution in [0.2, 0.25) is 5.02 Å². The Morgan fingerprint density at radius 3 is 2.34 bits per heavy atom. The maximum absolute atomic E-state index is 12.3. The molecule has 154 valence electrons. The number of carbonyl (C=O) groups is 2. The Morgan fingerprint density at radius 2 is 1.76 bits per heavy atom. The second kappa shape index (κ2) is 9.85. The highest BCUT2D eigenvalue weighted by molar-refractivity contribution is 6.31. The number of ether oxygens (including phenoxy) is 1. The van der Waals surface area contributed by atoms with Crippen LogP contribution in [0.3, 0.4) is 0 Å². The summed E-state index contributed by atoms with van der Waals surface area (Å²) in [6.07, 6.45) is 0. The van der Waals surface area contributed by atoms with Crippen LogP contribution in [0, 0.1) is 17.0 Å². The van der Waals surface area contributed by atoms with Crippen molar-refractivity contribution >= 4 is 40.5 Å². The molecule has 0 heterocycles. The number of nitrogens with one attached hydrogen (secondary N) is 2. The number of likely N-dealkylation sites (N-methyl/N-ethyl adjacent to an activating group) is 1. The van der Waals surface area contributed by atoms with Gasteiger partial charge in [0, 0.05) is 11.1 Å². The predicted octanol–water partition coefficient (Wildman–Crippen LogP) is 3.07. The molecular formula is C19H21ClN4O5. The van der Waals surface area contributed by atoms with Gasteiger partial charge in [-0.1, -0.05) is 17.7 Å². The molecule has 0 saturated heterocycles. The molecule has 0 unspecified atom stereocenters. The van der Waals surface area contributed by atoms with Crippen LogP contribution in [-0.4, -0.2) is 48.9 Å². The quantitative estimate of drug-likeness (QED) is 0.501. The van der Waals surface area contributed by atoms with Gasteiger partial charge in [-0.3, -0.25) is 24.6 Å². The summed E-state index contributed by atoms with van der Waals surface area (Å²) in [5.41, 5.74) is 1.06. The smallest absolute Gasteiger partial charge is 0.274 e. The number of halogens is 1. The molecule has 0 radical (unpaired) electrons. The number of nitro benzene ring substituents is 1. The Kier molecular flexibility index (Phi) is 7.52. The van der Waals surface area contributed by atoms with Crippen LogP contribution in [-0.2, 0) is 9.59 Å². The summed E-state index contributed by atoms with van der Waals surface area (Å²) in [5, 5.41) is 16.8. The first-order valence-corrected chi connectivity index (χ1v) is 8.95. The molecule has 0 aliphatic heterocycles. The van der Waals surface area contributed by atoms with Gasteiger partial charge in [-0.25, -0.2) is 0 Å². The molecule has 0 spiro atoms. The Morgan fingerprint density at radius 1 is 1.14 bits per heavy atom. The van der Waals surface area contributed by atoms with Crippen LogP contribution in [0.25, 0.3) is 0 Å². The highest BCUT2D eigenvalue weighted by Crippen LogP contribution is 2.27. The normalized spacial score (nSPS) is 10.5. The largest absolute Gasteiger partial charge is 0.495 e. The van der Waals surface area contributed by atoms with E-state index in [-0.39, 0.29) is 24.7 Å². The lowest BCUT2D eigenvalue weighted by Gasteiger charge is -2.17. The number of carbonyl (C=O) groups excluding carboxylic acids is 2. The average molecular weight is 421 g/mol. The molecule has 0 fully saturated rings. The molecule has 0 atom stereocenters. The van der Waals surface area contributed by atoms with E-state index in [0.717, 1.165) is 0 Å².